The van der Waals surface area contributed by atoms with E-state index in [9.17, 15) is 4.79 Å². The Balaban J connectivity index is 2.01. The molecular weight excluding hydrogens is 188 g/mol. The van der Waals surface area contributed by atoms with Crippen LogP contribution in [0, 0.1) is 0 Å². The lowest BCUT2D eigenvalue weighted by Crippen LogP contribution is -2.32. The third kappa shape index (κ3) is 2.37. The molecule has 0 fully saturated rings. The first kappa shape index (κ1) is 9.77. The molecule has 1 amide bonds. The molecule has 2 rings (SSSR count). The Labute approximate surface area is 89.0 Å². The van der Waals surface area contributed by atoms with E-state index in [0.29, 0.717) is 11.3 Å². The molecule has 0 aromatic heterocycles. The van der Waals surface area contributed by atoms with Gasteiger partial charge in [0, 0.05) is 17.3 Å². The van der Waals surface area contributed by atoms with Crippen LogP contribution in [0.4, 0.5) is 5.69 Å². The van der Waals surface area contributed by atoms with E-state index in [2.05, 4.69) is 17.5 Å². The Morgan fingerprint density at radius 1 is 1.33 bits per heavy atom. The number of hydrogen-bond acceptors (Lipinski definition) is 2. The quantitative estimate of drug-likeness (QED) is 0.566. The zero-order chi connectivity index (χ0) is 10.7. The second-order valence-electron chi connectivity index (χ2n) is 3.74. The molecule has 1 aromatic rings. The molecule has 0 bridgehead atoms. The van der Waals surface area contributed by atoms with Gasteiger partial charge in [-0.25, -0.2) is 0 Å². The number of nitrogen functional groups attached to an aromatic ring is 1. The Morgan fingerprint density at radius 2 is 2.07 bits per heavy atom. The smallest absolute Gasteiger partial charge is 0.251 e. The van der Waals surface area contributed by atoms with Crippen LogP contribution in [-0.2, 0) is 0 Å². The van der Waals surface area contributed by atoms with E-state index in [1.165, 1.54) is 0 Å². The molecule has 0 radical (unpaired) electrons. The number of rotatable bonds is 2. The highest BCUT2D eigenvalue weighted by Gasteiger charge is 2.14. The molecule has 1 aliphatic rings. The maximum atomic E-state index is 11.8. The Morgan fingerprint density at radius 3 is 2.73 bits per heavy atom. The maximum Gasteiger partial charge on any atom is 0.251 e. The van der Waals surface area contributed by atoms with Gasteiger partial charge in [0.15, 0.2) is 0 Å². The molecule has 0 atom stereocenters. The summed E-state index contributed by atoms with van der Waals surface area (Å²) < 4.78 is 0. The van der Waals surface area contributed by atoms with Gasteiger partial charge in [-0.3, -0.25) is 4.79 Å². The molecule has 0 heterocycles. The van der Waals surface area contributed by atoms with Gasteiger partial charge in [-0.1, -0.05) is 18.2 Å². The second-order valence-corrected chi connectivity index (χ2v) is 3.74. The standard InChI is InChI=1S/C12H14N2O/c13-10-5-3-4-9(8-10)12(15)14-11-6-1-2-7-11/h1-5,8,11H,6-7,13H2,(H,14,15). The van der Waals surface area contributed by atoms with Crippen molar-refractivity contribution in [1.29, 1.82) is 0 Å². The van der Waals surface area contributed by atoms with Crippen LogP contribution in [0.5, 0.6) is 0 Å². The minimum Gasteiger partial charge on any atom is -0.399 e. The summed E-state index contributed by atoms with van der Waals surface area (Å²) in [6, 6.07) is 7.27. The van der Waals surface area contributed by atoms with Crippen LogP contribution in [-0.4, -0.2) is 11.9 Å². The van der Waals surface area contributed by atoms with Gasteiger partial charge in [-0.05, 0) is 31.0 Å². The molecule has 0 spiro atoms. The third-order valence-corrected chi connectivity index (χ3v) is 2.49. The van der Waals surface area contributed by atoms with Crippen LogP contribution in [0.1, 0.15) is 23.2 Å². The molecule has 0 saturated carbocycles. The van der Waals surface area contributed by atoms with Crippen molar-refractivity contribution in [3.8, 4) is 0 Å². The molecule has 0 aliphatic heterocycles. The van der Waals surface area contributed by atoms with Crippen molar-refractivity contribution in [3.05, 3.63) is 42.0 Å². The number of carbonyl (C=O) groups excluding carboxylic acids is 1. The van der Waals surface area contributed by atoms with Crippen LogP contribution >= 0.6 is 0 Å². The first-order valence-electron chi connectivity index (χ1n) is 5.07. The summed E-state index contributed by atoms with van der Waals surface area (Å²) in [5, 5.41) is 2.97. The predicted octanol–water partition coefficient (Wildman–Crippen LogP) is 1.72. The van der Waals surface area contributed by atoms with Crippen molar-refractivity contribution in [2.75, 3.05) is 5.73 Å². The van der Waals surface area contributed by atoms with Crippen LogP contribution in [0.2, 0.25) is 0 Å². The van der Waals surface area contributed by atoms with Gasteiger partial charge in [-0.15, -0.1) is 0 Å². The number of anilines is 1. The Kier molecular flexibility index (Phi) is 2.72. The Hall–Kier alpha value is -1.77. The maximum absolute atomic E-state index is 11.8. The molecule has 15 heavy (non-hydrogen) atoms. The van der Waals surface area contributed by atoms with Crippen LogP contribution < -0.4 is 11.1 Å². The molecule has 1 aromatic carbocycles. The van der Waals surface area contributed by atoms with E-state index in [-0.39, 0.29) is 11.9 Å². The largest absolute Gasteiger partial charge is 0.399 e. The minimum absolute atomic E-state index is 0.0454. The molecule has 78 valence electrons. The van der Waals surface area contributed by atoms with Crippen molar-refractivity contribution in [2.45, 2.75) is 18.9 Å². The van der Waals surface area contributed by atoms with E-state index in [1.54, 1.807) is 24.3 Å². The first-order chi connectivity index (χ1) is 7.25. The van der Waals surface area contributed by atoms with Gasteiger partial charge in [0.1, 0.15) is 0 Å². The molecule has 1 aliphatic carbocycles. The van der Waals surface area contributed by atoms with Gasteiger partial charge in [-0.2, -0.15) is 0 Å². The topological polar surface area (TPSA) is 55.1 Å². The summed E-state index contributed by atoms with van der Waals surface area (Å²) in [6.07, 6.45) is 6.02. The van der Waals surface area contributed by atoms with Crippen molar-refractivity contribution in [1.82, 2.24) is 5.32 Å². The molecule has 0 unspecified atom stereocenters. The van der Waals surface area contributed by atoms with Gasteiger partial charge >= 0.3 is 0 Å². The molecule has 3 heteroatoms. The van der Waals surface area contributed by atoms with Crippen molar-refractivity contribution < 1.29 is 4.79 Å². The lowest BCUT2D eigenvalue weighted by Gasteiger charge is -2.11. The summed E-state index contributed by atoms with van der Waals surface area (Å²) in [5.74, 6) is -0.0454. The molecule has 0 saturated heterocycles. The van der Waals surface area contributed by atoms with Crippen molar-refractivity contribution >= 4 is 11.6 Å². The average Bonchev–Trinajstić information content (AvgIpc) is 2.70. The minimum atomic E-state index is -0.0454. The van der Waals surface area contributed by atoms with E-state index in [0.717, 1.165) is 12.8 Å². The number of amides is 1. The highest BCUT2D eigenvalue weighted by molar-refractivity contribution is 5.95. The normalized spacial score (nSPS) is 15.5. The summed E-state index contributed by atoms with van der Waals surface area (Å²) >= 11 is 0. The van der Waals surface area contributed by atoms with Gasteiger partial charge < -0.3 is 11.1 Å². The number of nitrogens with one attached hydrogen (secondary N) is 1. The zero-order valence-electron chi connectivity index (χ0n) is 8.44. The fraction of sp³-hybridized carbons (Fsp3) is 0.250. The summed E-state index contributed by atoms with van der Waals surface area (Å²) in [6.45, 7) is 0. The van der Waals surface area contributed by atoms with E-state index in [1.807, 2.05) is 0 Å². The van der Waals surface area contributed by atoms with Gasteiger partial charge in [0.05, 0.1) is 0 Å². The number of carbonyl (C=O) groups is 1. The molecule has 3 N–H and O–H groups in total. The second kappa shape index (κ2) is 4.17. The Bertz CT molecular complexity index is 390. The SMILES string of the molecule is Nc1cccc(C(=O)NC2CC=CC2)c1. The van der Waals surface area contributed by atoms with Gasteiger partial charge in [0.2, 0.25) is 0 Å². The van der Waals surface area contributed by atoms with E-state index in [4.69, 9.17) is 5.73 Å². The lowest BCUT2D eigenvalue weighted by atomic mass is 10.1. The van der Waals surface area contributed by atoms with Crippen LogP contribution in [0.25, 0.3) is 0 Å². The predicted molar refractivity (Wildman–Crippen MR) is 60.5 cm³/mol. The summed E-state index contributed by atoms with van der Waals surface area (Å²) in [7, 11) is 0. The van der Waals surface area contributed by atoms with E-state index >= 15 is 0 Å². The highest BCUT2D eigenvalue weighted by atomic mass is 16.1. The summed E-state index contributed by atoms with van der Waals surface area (Å²) in [4.78, 5) is 11.8. The van der Waals surface area contributed by atoms with Crippen LogP contribution in [0.15, 0.2) is 36.4 Å². The number of benzene rings is 1. The van der Waals surface area contributed by atoms with Gasteiger partial charge in [0.25, 0.3) is 5.91 Å². The number of nitrogens with two attached hydrogens (primary N) is 1. The van der Waals surface area contributed by atoms with E-state index < -0.39 is 0 Å². The molecular formula is C12H14N2O. The first-order valence-corrected chi connectivity index (χ1v) is 5.07. The third-order valence-electron chi connectivity index (χ3n) is 2.49. The monoisotopic (exact) mass is 202 g/mol. The molecule has 3 nitrogen and oxygen atoms in total. The summed E-state index contributed by atoms with van der Waals surface area (Å²) in [5.41, 5.74) is 6.86. The average molecular weight is 202 g/mol. The number of hydrogen-bond donors (Lipinski definition) is 2. The van der Waals surface area contributed by atoms with Crippen molar-refractivity contribution in [3.63, 3.8) is 0 Å². The highest BCUT2D eigenvalue weighted by Crippen LogP contribution is 2.11. The van der Waals surface area contributed by atoms with Crippen LogP contribution in [0.3, 0.4) is 0 Å². The lowest BCUT2D eigenvalue weighted by molar-refractivity contribution is 0.0939. The zero-order valence-corrected chi connectivity index (χ0v) is 8.44. The fourth-order valence-corrected chi connectivity index (χ4v) is 1.68. The van der Waals surface area contributed by atoms with Crippen molar-refractivity contribution in [2.24, 2.45) is 0 Å². The fourth-order valence-electron chi connectivity index (χ4n) is 1.68.